The minimum absolute atomic E-state index is 0.214. The molecule has 0 bridgehead atoms. The molecule has 1 aromatic heterocycles. The number of nitrogens with zero attached hydrogens (tertiary/aromatic N) is 1. The zero-order valence-electron chi connectivity index (χ0n) is 11.0. The fraction of sp³-hybridized carbons (Fsp3) is 0.0625. The number of phenolic OH excluding ortho intramolecular Hbond substituents is 1. The number of pyridine rings is 1. The number of hydrogen-bond donors (Lipinski definition) is 2. The molecule has 0 amide bonds. The first kappa shape index (κ1) is 14.4. The van der Waals surface area contributed by atoms with E-state index >= 15 is 0 Å². The summed E-state index contributed by atoms with van der Waals surface area (Å²) in [7, 11) is 0. The van der Waals surface area contributed by atoms with Crippen molar-refractivity contribution in [2.45, 2.75) is 6.54 Å². The van der Waals surface area contributed by atoms with E-state index in [1.807, 2.05) is 42.6 Å². The Bertz CT molecular complexity index is 782. The van der Waals surface area contributed by atoms with Crippen LogP contribution in [0.5, 0.6) is 5.75 Å². The van der Waals surface area contributed by atoms with E-state index in [1.165, 1.54) is 0 Å². The third-order valence-corrected chi connectivity index (χ3v) is 4.37. The predicted molar refractivity (Wildman–Crippen MR) is 92.6 cm³/mol. The molecule has 0 aliphatic rings. The summed E-state index contributed by atoms with van der Waals surface area (Å²) < 4.78 is 1.34. The Labute approximate surface area is 139 Å². The minimum Gasteiger partial charge on any atom is -0.506 e. The number of fused-ring (bicyclic) bond motifs is 1. The third kappa shape index (κ3) is 3.19. The molecule has 21 heavy (non-hydrogen) atoms. The zero-order valence-corrected chi connectivity index (χ0v) is 14.1. The van der Waals surface area contributed by atoms with Crippen molar-refractivity contribution in [2.24, 2.45) is 0 Å². The first-order valence-electron chi connectivity index (χ1n) is 6.39. The standard InChI is InChI=1S/C16H12Br2N2O/c17-13-5-10(6-14(18)16(13)21)8-19-12-7-11-3-1-2-4-15(11)20-9-12/h1-7,9,19,21H,8H2. The molecule has 2 N–H and O–H groups in total. The van der Waals surface area contributed by atoms with E-state index < -0.39 is 0 Å². The highest BCUT2D eigenvalue weighted by atomic mass is 79.9. The molecule has 0 radical (unpaired) electrons. The Morgan fingerprint density at radius 3 is 2.52 bits per heavy atom. The first-order valence-corrected chi connectivity index (χ1v) is 7.97. The van der Waals surface area contributed by atoms with Crippen molar-refractivity contribution in [3.05, 3.63) is 63.2 Å². The Hall–Kier alpha value is -1.59. The van der Waals surface area contributed by atoms with Gasteiger partial charge < -0.3 is 10.4 Å². The van der Waals surface area contributed by atoms with Crippen LogP contribution in [0.4, 0.5) is 5.69 Å². The first-order chi connectivity index (χ1) is 10.1. The minimum atomic E-state index is 0.214. The van der Waals surface area contributed by atoms with E-state index in [2.05, 4.69) is 48.2 Å². The van der Waals surface area contributed by atoms with Gasteiger partial charge in [0.15, 0.2) is 0 Å². The summed E-state index contributed by atoms with van der Waals surface area (Å²) in [5.74, 6) is 0.214. The topological polar surface area (TPSA) is 45.1 Å². The average molecular weight is 408 g/mol. The SMILES string of the molecule is Oc1c(Br)cc(CNc2cnc3ccccc3c2)cc1Br. The quantitative estimate of drug-likeness (QED) is 0.636. The molecule has 3 rings (SSSR count). The Balaban J connectivity index is 1.80. The Morgan fingerprint density at radius 2 is 1.76 bits per heavy atom. The molecule has 0 saturated carbocycles. The van der Waals surface area contributed by atoms with Gasteiger partial charge in [0.1, 0.15) is 5.75 Å². The van der Waals surface area contributed by atoms with Crippen LogP contribution in [-0.4, -0.2) is 10.1 Å². The third-order valence-electron chi connectivity index (χ3n) is 3.16. The Kier molecular flexibility index (Phi) is 4.12. The number of aromatic hydroxyl groups is 1. The van der Waals surface area contributed by atoms with Gasteiger partial charge in [-0.15, -0.1) is 0 Å². The molecule has 0 unspecified atom stereocenters. The normalized spacial score (nSPS) is 10.8. The number of benzene rings is 2. The summed E-state index contributed by atoms with van der Waals surface area (Å²) in [4.78, 5) is 4.42. The van der Waals surface area contributed by atoms with E-state index in [4.69, 9.17) is 0 Å². The van der Waals surface area contributed by atoms with E-state index in [9.17, 15) is 5.11 Å². The molecule has 1 heterocycles. The van der Waals surface area contributed by atoms with Crippen LogP contribution in [0.25, 0.3) is 10.9 Å². The number of hydrogen-bond acceptors (Lipinski definition) is 3. The molecule has 0 spiro atoms. The van der Waals surface area contributed by atoms with Gasteiger partial charge >= 0.3 is 0 Å². The number of halogens is 2. The van der Waals surface area contributed by atoms with Crippen LogP contribution >= 0.6 is 31.9 Å². The van der Waals surface area contributed by atoms with Crippen molar-refractivity contribution in [3.8, 4) is 5.75 Å². The number of anilines is 1. The lowest BCUT2D eigenvalue weighted by atomic mass is 10.2. The van der Waals surface area contributed by atoms with Crippen LogP contribution < -0.4 is 5.32 Å². The highest BCUT2D eigenvalue weighted by molar-refractivity contribution is 9.11. The lowest BCUT2D eigenvalue weighted by molar-refractivity contribution is 0.468. The summed E-state index contributed by atoms with van der Waals surface area (Å²) in [5, 5.41) is 14.2. The van der Waals surface area contributed by atoms with Gasteiger partial charge in [0, 0.05) is 11.9 Å². The molecule has 0 aliphatic heterocycles. The van der Waals surface area contributed by atoms with Crippen molar-refractivity contribution >= 4 is 48.5 Å². The van der Waals surface area contributed by atoms with Crippen LogP contribution in [0.3, 0.4) is 0 Å². The van der Waals surface area contributed by atoms with Crippen LogP contribution in [0.15, 0.2) is 57.6 Å². The highest BCUT2D eigenvalue weighted by Crippen LogP contribution is 2.33. The maximum Gasteiger partial charge on any atom is 0.143 e. The monoisotopic (exact) mass is 406 g/mol. The molecule has 0 fully saturated rings. The summed E-state index contributed by atoms with van der Waals surface area (Å²) in [6.07, 6.45) is 1.83. The lowest BCUT2D eigenvalue weighted by Gasteiger charge is -2.09. The number of nitrogens with one attached hydrogen (secondary N) is 1. The van der Waals surface area contributed by atoms with Crippen molar-refractivity contribution in [1.82, 2.24) is 4.98 Å². The summed E-state index contributed by atoms with van der Waals surface area (Å²) in [6, 6.07) is 13.9. The van der Waals surface area contributed by atoms with Crippen LogP contribution in [-0.2, 0) is 6.54 Å². The van der Waals surface area contributed by atoms with Gasteiger partial charge in [-0.05, 0) is 61.7 Å². The van der Waals surface area contributed by atoms with E-state index in [0.29, 0.717) is 15.5 Å². The van der Waals surface area contributed by atoms with Gasteiger partial charge in [0.2, 0.25) is 0 Å². The largest absolute Gasteiger partial charge is 0.506 e. The van der Waals surface area contributed by atoms with E-state index in [-0.39, 0.29) is 5.75 Å². The predicted octanol–water partition coefficient (Wildman–Crippen LogP) is 5.08. The van der Waals surface area contributed by atoms with Crippen molar-refractivity contribution < 1.29 is 5.11 Å². The molecule has 0 saturated heterocycles. The van der Waals surface area contributed by atoms with Crippen molar-refractivity contribution in [2.75, 3.05) is 5.32 Å². The Morgan fingerprint density at radius 1 is 1.05 bits per heavy atom. The van der Waals surface area contributed by atoms with Crippen molar-refractivity contribution in [3.63, 3.8) is 0 Å². The highest BCUT2D eigenvalue weighted by Gasteiger charge is 2.06. The summed E-state index contributed by atoms with van der Waals surface area (Å²) in [6.45, 7) is 0.650. The maximum atomic E-state index is 9.71. The average Bonchev–Trinajstić information content (AvgIpc) is 2.50. The number of rotatable bonds is 3. The van der Waals surface area contributed by atoms with Crippen LogP contribution in [0.2, 0.25) is 0 Å². The van der Waals surface area contributed by atoms with Gasteiger partial charge in [-0.3, -0.25) is 4.98 Å². The second-order valence-electron chi connectivity index (χ2n) is 4.68. The van der Waals surface area contributed by atoms with Gasteiger partial charge in [-0.25, -0.2) is 0 Å². The van der Waals surface area contributed by atoms with E-state index in [1.54, 1.807) is 0 Å². The molecule has 0 aliphatic carbocycles. The molecule has 3 aromatic rings. The molecule has 2 aromatic carbocycles. The number of para-hydroxylation sites is 1. The maximum absolute atomic E-state index is 9.71. The molecule has 106 valence electrons. The molecule has 3 nitrogen and oxygen atoms in total. The van der Waals surface area contributed by atoms with Crippen LogP contribution in [0, 0.1) is 0 Å². The molecular weight excluding hydrogens is 396 g/mol. The molecule has 0 atom stereocenters. The lowest BCUT2D eigenvalue weighted by Crippen LogP contribution is -2.00. The van der Waals surface area contributed by atoms with Gasteiger partial charge in [-0.2, -0.15) is 0 Å². The van der Waals surface area contributed by atoms with Gasteiger partial charge in [0.25, 0.3) is 0 Å². The molecular formula is C16H12Br2N2O. The summed E-state index contributed by atoms with van der Waals surface area (Å²) in [5.41, 5.74) is 3.01. The number of aromatic nitrogens is 1. The number of phenols is 1. The summed E-state index contributed by atoms with van der Waals surface area (Å²) >= 11 is 6.67. The smallest absolute Gasteiger partial charge is 0.143 e. The van der Waals surface area contributed by atoms with Crippen molar-refractivity contribution in [1.29, 1.82) is 0 Å². The second-order valence-corrected chi connectivity index (χ2v) is 6.39. The fourth-order valence-corrected chi connectivity index (χ4v) is 3.37. The van der Waals surface area contributed by atoms with Gasteiger partial charge in [0.05, 0.1) is 26.3 Å². The van der Waals surface area contributed by atoms with E-state index in [0.717, 1.165) is 22.2 Å². The van der Waals surface area contributed by atoms with Crippen LogP contribution in [0.1, 0.15) is 5.56 Å². The van der Waals surface area contributed by atoms with Gasteiger partial charge in [-0.1, -0.05) is 18.2 Å². The second kappa shape index (κ2) is 6.03. The molecule has 5 heteroatoms. The fourth-order valence-electron chi connectivity index (χ4n) is 2.09. The zero-order chi connectivity index (χ0) is 14.8.